The molecule has 0 bridgehead atoms. The predicted octanol–water partition coefficient (Wildman–Crippen LogP) is 4.45. The Bertz CT molecular complexity index is 552. The molecule has 1 nitrogen and oxygen atoms in total. The molecule has 94 valence electrons. The van der Waals surface area contributed by atoms with Gasteiger partial charge in [-0.2, -0.15) is 0 Å². The minimum absolute atomic E-state index is 0.0709. The van der Waals surface area contributed by atoms with Crippen LogP contribution in [0, 0.1) is 17.5 Å². The van der Waals surface area contributed by atoms with E-state index in [9.17, 15) is 13.2 Å². The van der Waals surface area contributed by atoms with Gasteiger partial charge in [-0.15, -0.1) is 0 Å². The smallest absolute Gasteiger partial charge is 0.162 e. The molecule has 5 heteroatoms. The van der Waals surface area contributed by atoms with Gasteiger partial charge < -0.3 is 4.74 Å². The van der Waals surface area contributed by atoms with Crippen LogP contribution in [-0.4, -0.2) is 0 Å². The molecule has 2 aromatic rings. The second kappa shape index (κ2) is 5.44. The van der Waals surface area contributed by atoms with Crippen molar-refractivity contribution < 1.29 is 17.9 Å². The third kappa shape index (κ3) is 3.26. The highest BCUT2D eigenvalue weighted by Crippen LogP contribution is 2.19. The fraction of sp³-hybridized carbons (Fsp3) is 0.0769. The Morgan fingerprint density at radius 1 is 0.944 bits per heavy atom. The lowest BCUT2D eigenvalue weighted by Gasteiger charge is -2.07. The van der Waals surface area contributed by atoms with Gasteiger partial charge in [-0.25, -0.2) is 13.2 Å². The molecular formula is C13H8BrF3O. The van der Waals surface area contributed by atoms with Crippen molar-refractivity contribution in [3.8, 4) is 5.75 Å². The number of benzene rings is 2. The first-order chi connectivity index (χ1) is 8.54. The number of hydrogen-bond donors (Lipinski definition) is 0. The van der Waals surface area contributed by atoms with Crippen LogP contribution >= 0.6 is 15.9 Å². The lowest BCUT2D eigenvalue weighted by atomic mass is 10.2. The molecule has 0 radical (unpaired) electrons. The fourth-order valence-electron chi connectivity index (χ4n) is 1.43. The Kier molecular flexibility index (Phi) is 3.91. The van der Waals surface area contributed by atoms with E-state index in [1.807, 2.05) is 0 Å². The molecule has 0 fully saturated rings. The van der Waals surface area contributed by atoms with Gasteiger partial charge in [0, 0.05) is 10.5 Å². The molecule has 0 aliphatic carbocycles. The van der Waals surface area contributed by atoms with Crippen molar-refractivity contribution in [2.24, 2.45) is 0 Å². The average Bonchev–Trinajstić information content (AvgIpc) is 2.29. The SMILES string of the molecule is Fc1cc(Br)cc(COc2ccc(F)c(F)c2)c1. The van der Waals surface area contributed by atoms with Gasteiger partial charge in [0.05, 0.1) is 0 Å². The molecule has 0 N–H and O–H groups in total. The van der Waals surface area contributed by atoms with Gasteiger partial charge in [-0.05, 0) is 35.9 Å². The highest BCUT2D eigenvalue weighted by molar-refractivity contribution is 9.10. The van der Waals surface area contributed by atoms with E-state index in [1.165, 1.54) is 18.2 Å². The predicted molar refractivity (Wildman–Crippen MR) is 64.8 cm³/mol. The maximum atomic E-state index is 13.1. The van der Waals surface area contributed by atoms with E-state index < -0.39 is 17.5 Å². The van der Waals surface area contributed by atoms with E-state index in [4.69, 9.17) is 4.74 Å². The van der Waals surface area contributed by atoms with E-state index in [0.29, 0.717) is 10.0 Å². The molecule has 0 heterocycles. The van der Waals surface area contributed by atoms with Crippen molar-refractivity contribution in [1.82, 2.24) is 0 Å². The molecule has 0 amide bonds. The van der Waals surface area contributed by atoms with Gasteiger partial charge in [0.25, 0.3) is 0 Å². The number of halogens is 4. The van der Waals surface area contributed by atoms with Crippen LogP contribution in [0.3, 0.4) is 0 Å². The van der Waals surface area contributed by atoms with Crippen molar-refractivity contribution in [1.29, 1.82) is 0 Å². The van der Waals surface area contributed by atoms with Crippen molar-refractivity contribution in [3.05, 3.63) is 63.9 Å². The topological polar surface area (TPSA) is 9.23 Å². The average molecular weight is 317 g/mol. The normalized spacial score (nSPS) is 10.4. The summed E-state index contributed by atoms with van der Waals surface area (Å²) in [4.78, 5) is 0. The molecule has 0 aliphatic heterocycles. The Morgan fingerprint density at radius 2 is 1.72 bits per heavy atom. The Labute approximate surface area is 110 Å². The van der Waals surface area contributed by atoms with Crippen LogP contribution in [0.1, 0.15) is 5.56 Å². The molecule has 0 unspecified atom stereocenters. The highest BCUT2D eigenvalue weighted by Gasteiger charge is 2.04. The summed E-state index contributed by atoms with van der Waals surface area (Å²) in [5, 5.41) is 0. The number of ether oxygens (including phenoxy) is 1. The van der Waals surface area contributed by atoms with Gasteiger partial charge >= 0.3 is 0 Å². The van der Waals surface area contributed by atoms with E-state index in [1.54, 1.807) is 6.07 Å². The third-order valence-electron chi connectivity index (χ3n) is 2.22. The lowest BCUT2D eigenvalue weighted by Crippen LogP contribution is -1.97. The van der Waals surface area contributed by atoms with Crippen molar-refractivity contribution in [2.75, 3.05) is 0 Å². The lowest BCUT2D eigenvalue weighted by molar-refractivity contribution is 0.302. The Balaban J connectivity index is 2.08. The van der Waals surface area contributed by atoms with E-state index in [2.05, 4.69) is 15.9 Å². The van der Waals surface area contributed by atoms with Crippen LogP contribution < -0.4 is 4.74 Å². The minimum atomic E-state index is -0.979. The van der Waals surface area contributed by atoms with Crippen molar-refractivity contribution >= 4 is 15.9 Å². The molecule has 0 spiro atoms. The molecule has 0 saturated carbocycles. The number of hydrogen-bond acceptors (Lipinski definition) is 1. The van der Waals surface area contributed by atoms with Gasteiger partial charge in [-0.3, -0.25) is 0 Å². The summed E-state index contributed by atoms with van der Waals surface area (Å²) in [6, 6.07) is 7.55. The zero-order valence-electron chi connectivity index (χ0n) is 9.09. The maximum absolute atomic E-state index is 13.1. The summed E-state index contributed by atoms with van der Waals surface area (Å²) in [5.41, 5.74) is 0.589. The molecule has 0 atom stereocenters. The Hall–Kier alpha value is -1.49. The monoisotopic (exact) mass is 316 g/mol. The zero-order valence-corrected chi connectivity index (χ0v) is 10.7. The van der Waals surface area contributed by atoms with E-state index in [-0.39, 0.29) is 12.4 Å². The van der Waals surface area contributed by atoms with Crippen LogP contribution in [0.2, 0.25) is 0 Å². The quantitative estimate of drug-likeness (QED) is 0.813. The molecular weight excluding hydrogens is 309 g/mol. The first kappa shape index (κ1) is 13.0. The standard InChI is InChI=1S/C13H8BrF3O/c14-9-3-8(4-10(15)5-9)7-18-11-1-2-12(16)13(17)6-11/h1-6H,7H2. The van der Waals surface area contributed by atoms with E-state index >= 15 is 0 Å². The summed E-state index contributed by atoms with van der Waals surface area (Å²) in [6.45, 7) is 0.0709. The Morgan fingerprint density at radius 3 is 2.39 bits per heavy atom. The summed E-state index contributed by atoms with van der Waals surface area (Å²) < 4.78 is 44.5. The minimum Gasteiger partial charge on any atom is -0.489 e. The molecule has 2 aromatic carbocycles. The molecule has 0 saturated heterocycles. The zero-order chi connectivity index (χ0) is 13.1. The summed E-state index contributed by atoms with van der Waals surface area (Å²) in [6.07, 6.45) is 0. The van der Waals surface area contributed by atoms with Gasteiger partial charge in [0.1, 0.15) is 18.2 Å². The van der Waals surface area contributed by atoms with E-state index in [0.717, 1.165) is 12.1 Å². The largest absolute Gasteiger partial charge is 0.489 e. The summed E-state index contributed by atoms with van der Waals surface area (Å²) in [5.74, 6) is -2.12. The van der Waals surface area contributed by atoms with Crippen LogP contribution in [0.15, 0.2) is 40.9 Å². The molecule has 0 aliphatic rings. The highest BCUT2D eigenvalue weighted by atomic mass is 79.9. The van der Waals surface area contributed by atoms with Gasteiger partial charge in [0.2, 0.25) is 0 Å². The van der Waals surface area contributed by atoms with Gasteiger partial charge in [0.15, 0.2) is 11.6 Å². The van der Waals surface area contributed by atoms with Crippen molar-refractivity contribution in [2.45, 2.75) is 6.61 Å². The molecule has 2 rings (SSSR count). The summed E-state index contributed by atoms with van der Waals surface area (Å²) >= 11 is 3.16. The first-order valence-corrected chi connectivity index (χ1v) is 5.87. The van der Waals surface area contributed by atoms with Crippen LogP contribution in [0.4, 0.5) is 13.2 Å². The van der Waals surface area contributed by atoms with Crippen molar-refractivity contribution in [3.63, 3.8) is 0 Å². The van der Waals surface area contributed by atoms with Crippen LogP contribution in [-0.2, 0) is 6.61 Å². The maximum Gasteiger partial charge on any atom is 0.162 e. The van der Waals surface area contributed by atoms with Gasteiger partial charge in [-0.1, -0.05) is 15.9 Å². The third-order valence-corrected chi connectivity index (χ3v) is 2.68. The first-order valence-electron chi connectivity index (χ1n) is 5.07. The van der Waals surface area contributed by atoms with Crippen LogP contribution in [0.5, 0.6) is 5.75 Å². The fourth-order valence-corrected chi connectivity index (χ4v) is 1.94. The number of rotatable bonds is 3. The molecule has 18 heavy (non-hydrogen) atoms. The van der Waals surface area contributed by atoms with Crippen LogP contribution in [0.25, 0.3) is 0 Å². The molecule has 0 aromatic heterocycles. The summed E-state index contributed by atoms with van der Waals surface area (Å²) in [7, 11) is 0. The second-order valence-electron chi connectivity index (χ2n) is 3.64. The second-order valence-corrected chi connectivity index (χ2v) is 4.56.